The summed E-state index contributed by atoms with van der Waals surface area (Å²) < 4.78 is 0. The summed E-state index contributed by atoms with van der Waals surface area (Å²) in [4.78, 5) is 0. The molecule has 1 aromatic heterocycles. The quantitative estimate of drug-likeness (QED) is 0.627. The number of nitrogens with one attached hydrogen (secondary N) is 1. The van der Waals surface area contributed by atoms with Crippen LogP contribution in [-0.2, 0) is 0 Å². The second-order valence-electron chi connectivity index (χ2n) is 2.97. The topological polar surface area (TPSA) is 74.9 Å². The molecule has 0 saturated heterocycles. The van der Waals surface area contributed by atoms with Gasteiger partial charge in [-0.1, -0.05) is 18.2 Å². The zero-order valence-corrected chi connectivity index (χ0v) is 7.07. The number of aliphatic hydroxyl groups is 1. The van der Waals surface area contributed by atoms with E-state index in [2.05, 4.69) is 10.2 Å². The molecule has 1 atom stereocenters. The van der Waals surface area contributed by atoms with Gasteiger partial charge in [0, 0.05) is 5.39 Å². The number of aromatic amines is 1. The normalized spacial score (nSPS) is 13.4. The van der Waals surface area contributed by atoms with Gasteiger partial charge in [0.1, 0.15) is 0 Å². The number of hydrogen-bond acceptors (Lipinski definition) is 3. The van der Waals surface area contributed by atoms with E-state index in [4.69, 9.17) is 10.8 Å². The lowest BCUT2D eigenvalue weighted by Crippen LogP contribution is -2.14. The molecule has 68 valence electrons. The Kier molecular flexibility index (Phi) is 2.00. The number of H-pyrrole nitrogens is 1. The van der Waals surface area contributed by atoms with E-state index in [9.17, 15) is 0 Å². The summed E-state index contributed by atoms with van der Waals surface area (Å²) in [5.41, 5.74) is 7.53. The summed E-state index contributed by atoms with van der Waals surface area (Å²) in [5, 5.41) is 16.7. The molecule has 2 rings (SSSR count). The Labute approximate surface area is 75.4 Å². The molecule has 4 nitrogen and oxygen atoms in total. The van der Waals surface area contributed by atoms with Crippen LogP contribution in [0.15, 0.2) is 24.4 Å². The van der Waals surface area contributed by atoms with Crippen molar-refractivity contribution in [2.75, 3.05) is 6.61 Å². The number of benzene rings is 1. The van der Waals surface area contributed by atoms with Crippen LogP contribution in [0.1, 0.15) is 11.6 Å². The summed E-state index contributed by atoms with van der Waals surface area (Å²) in [5.74, 6) is 0. The first-order valence-corrected chi connectivity index (χ1v) is 4.11. The Balaban J connectivity index is 2.60. The van der Waals surface area contributed by atoms with E-state index in [1.165, 1.54) is 0 Å². The van der Waals surface area contributed by atoms with Crippen molar-refractivity contribution in [1.82, 2.24) is 10.2 Å². The van der Waals surface area contributed by atoms with Gasteiger partial charge >= 0.3 is 0 Å². The molecule has 4 heteroatoms. The van der Waals surface area contributed by atoms with E-state index < -0.39 is 0 Å². The molecular formula is C9H11N3O. The van der Waals surface area contributed by atoms with Gasteiger partial charge in [0.15, 0.2) is 0 Å². The van der Waals surface area contributed by atoms with Crippen molar-refractivity contribution in [2.45, 2.75) is 6.04 Å². The molecule has 0 radical (unpaired) electrons. The number of aromatic nitrogens is 2. The van der Waals surface area contributed by atoms with E-state index in [0.29, 0.717) is 0 Å². The van der Waals surface area contributed by atoms with E-state index in [0.717, 1.165) is 16.5 Å². The molecule has 0 aliphatic rings. The second kappa shape index (κ2) is 3.16. The highest BCUT2D eigenvalue weighted by Crippen LogP contribution is 2.20. The van der Waals surface area contributed by atoms with Gasteiger partial charge < -0.3 is 10.8 Å². The van der Waals surface area contributed by atoms with Crippen LogP contribution >= 0.6 is 0 Å². The molecule has 1 heterocycles. The molecule has 0 saturated carbocycles. The average Bonchev–Trinajstić information content (AvgIpc) is 2.63. The lowest BCUT2D eigenvalue weighted by atomic mass is 10.1. The van der Waals surface area contributed by atoms with E-state index in [-0.39, 0.29) is 12.6 Å². The highest BCUT2D eigenvalue weighted by Gasteiger charge is 2.08. The first kappa shape index (κ1) is 8.22. The fraction of sp³-hybridized carbons (Fsp3) is 0.222. The minimum atomic E-state index is -0.343. The fourth-order valence-corrected chi connectivity index (χ4v) is 1.40. The molecule has 0 fully saturated rings. The monoisotopic (exact) mass is 177 g/mol. The second-order valence-corrected chi connectivity index (χ2v) is 2.97. The van der Waals surface area contributed by atoms with Crippen molar-refractivity contribution in [1.29, 1.82) is 0 Å². The Morgan fingerprint density at radius 2 is 2.38 bits per heavy atom. The van der Waals surface area contributed by atoms with Crippen LogP contribution in [0.2, 0.25) is 0 Å². The molecule has 1 aromatic carbocycles. The fourth-order valence-electron chi connectivity index (χ4n) is 1.40. The molecular weight excluding hydrogens is 166 g/mol. The van der Waals surface area contributed by atoms with E-state index in [1.54, 1.807) is 6.20 Å². The summed E-state index contributed by atoms with van der Waals surface area (Å²) in [6.07, 6.45) is 1.74. The zero-order valence-electron chi connectivity index (χ0n) is 7.07. The number of nitrogens with zero attached hydrogens (tertiary/aromatic N) is 1. The summed E-state index contributed by atoms with van der Waals surface area (Å²) in [6.45, 7) is -0.0574. The minimum absolute atomic E-state index is 0.0574. The van der Waals surface area contributed by atoms with Crippen LogP contribution in [0.4, 0.5) is 0 Å². The van der Waals surface area contributed by atoms with Gasteiger partial charge in [-0.2, -0.15) is 5.10 Å². The Hall–Kier alpha value is -1.39. The SMILES string of the molecule is N[C@@H](CO)c1cccc2cn[nH]c12. The number of aliphatic hydroxyl groups excluding tert-OH is 1. The van der Waals surface area contributed by atoms with E-state index in [1.807, 2.05) is 18.2 Å². The van der Waals surface area contributed by atoms with Crippen molar-refractivity contribution >= 4 is 10.9 Å². The smallest absolute Gasteiger partial charge is 0.0698 e. The van der Waals surface area contributed by atoms with Crippen LogP contribution in [0.3, 0.4) is 0 Å². The molecule has 13 heavy (non-hydrogen) atoms. The number of fused-ring (bicyclic) bond motifs is 1. The Morgan fingerprint density at radius 1 is 1.54 bits per heavy atom. The number of nitrogens with two attached hydrogens (primary N) is 1. The summed E-state index contributed by atoms with van der Waals surface area (Å²) in [6, 6.07) is 5.40. The molecule has 0 bridgehead atoms. The van der Waals surface area contributed by atoms with Gasteiger partial charge in [-0.25, -0.2) is 0 Å². The highest BCUT2D eigenvalue weighted by atomic mass is 16.3. The zero-order chi connectivity index (χ0) is 9.26. The summed E-state index contributed by atoms with van der Waals surface area (Å²) in [7, 11) is 0. The molecule has 4 N–H and O–H groups in total. The molecule has 0 amide bonds. The molecule has 0 aliphatic heterocycles. The third-order valence-corrected chi connectivity index (χ3v) is 2.11. The predicted octanol–water partition coefficient (Wildman–Crippen LogP) is 0.555. The van der Waals surface area contributed by atoms with Gasteiger partial charge in [0.05, 0.1) is 24.4 Å². The number of rotatable bonds is 2. The highest BCUT2D eigenvalue weighted by molar-refractivity contribution is 5.81. The van der Waals surface area contributed by atoms with Crippen molar-refractivity contribution in [2.24, 2.45) is 5.73 Å². The largest absolute Gasteiger partial charge is 0.394 e. The molecule has 0 unspecified atom stereocenters. The van der Waals surface area contributed by atoms with Crippen LogP contribution in [0.25, 0.3) is 10.9 Å². The van der Waals surface area contributed by atoms with Gasteiger partial charge in [0.25, 0.3) is 0 Å². The maximum atomic E-state index is 8.93. The van der Waals surface area contributed by atoms with Crippen LogP contribution < -0.4 is 5.73 Å². The first-order chi connectivity index (χ1) is 6.33. The van der Waals surface area contributed by atoms with Crippen molar-refractivity contribution in [3.63, 3.8) is 0 Å². The first-order valence-electron chi connectivity index (χ1n) is 4.11. The Morgan fingerprint density at radius 3 is 3.15 bits per heavy atom. The van der Waals surface area contributed by atoms with Crippen molar-refractivity contribution in [3.05, 3.63) is 30.0 Å². The standard InChI is InChI=1S/C9H11N3O/c10-8(5-13)7-3-1-2-6-4-11-12-9(6)7/h1-4,8,13H,5,10H2,(H,11,12)/t8-/m0/s1. The number of hydrogen-bond donors (Lipinski definition) is 3. The van der Waals surface area contributed by atoms with Crippen molar-refractivity contribution in [3.8, 4) is 0 Å². The molecule has 0 aliphatic carbocycles. The maximum absolute atomic E-state index is 8.93. The lowest BCUT2D eigenvalue weighted by molar-refractivity contribution is 0.268. The summed E-state index contributed by atoms with van der Waals surface area (Å²) >= 11 is 0. The predicted molar refractivity (Wildman–Crippen MR) is 50.1 cm³/mol. The van der Waals surface area contributed by atoms with Crippen molar-refractivity contribution < 1.29 is 5.11 Å². The average molecular weight is 177 g/mol. The lowest BCUT2D eigenvalue weighted by Gasteiger charge is -2.08. The molecule has 2 aromatic rings. The number of para-hydroxylation sites is 1. The van der Waals surface area contributed by atoms with Gasteiger partial charge in [-0.15, -0.1) is 0 Å². The van der Waals surface area contributed by atoms with Crippen LogP contribution in [0.5, 0.6) is 0 Å². The van der Waals surface area contributed by atoms with Crippen LogP contribution in [0, 0.1) is 0 Å². The van der Waals surface area contributed by atoms with Gasteiger partial charge in [0.2, 0.25) is 0 Å². The third-order valence-electron chi connectivity index (χ3n) is 2.11. The van der Waals surface area contributed by atoms with E-state index >= 15 is 0 Å². The Bertz CT molecular complexity index is 410. The van der Waals surface area contributed by atoms with Crippen LogP contribution in [-0.4, -0.2) is 21.9 Å². The maximum Gasteiger partial charge on any atom is 0.0698 e. The minimum Gasteiger partial charge on any atom is -0.394 e. The third kappa shape index (κ3) is 1.30. The van der Waals surface area contributed by atoms with Gasteiger partial charge in [-0.3, -0.25) is 5.10 Å². The van der Waals surface area contributed by atoms with Gasteiger partial charge in [-0.05, 0) is 5.56 Å². The molecule has 0 spiro atoms.